The van der Waals surface area contributed by atoms with E-state index in [-0.39, 0.29) is 6.04 Å². The maximum absolute atomic E-state index is 11.6. The highest BCUT2D eigenvalue weighted by atomic mass is 16.5. The second-order valence-electron chi connectivity index (χ2n) is 7.58. The summed E-state index contributed by atoms with van der Waals surface area (Å²) in [6, 6.07) is 11.6. The van der Waals surface area contributed by atoms with Crippen LogP contribution in [0.4, 0.5) is 5.69 Å². The molecule has 0 unspecified atom stereocenters. The molecule has 2 aromatic heterocycles. The molecule has 1 aliphatic heterocycles. The number of nitrogens with one attached hydrogen (secondary N) is 1. The highest BCUT2D eigenvalue weighted by Crippen LogP contribution is 2.48. The Morgan fingerprint density at radius 2 is 1.93 bits per heavy atom. The molecule has 148 valence electrons. The van der Waals surface area contributed by atoms with Crippen LogP contribution < -0.4 is 5.32 Å². The summed E-state index contributed by atoms with van der Waals surface area (Å²) in [4.78, 5) is 4.77. The number of aliphatic hydroxyl groups is 1. The number of nitrogens with zero attached hydrogens (tertiary/aromatic N) is 2. The van der Waals surface area contributed by atoms with Crippen LogP contribution in [-0.4, -0.2) is 40.4 Å². The van der Waals surface area contributed by atoms with Crippen molar-refractivity contribution in [1.82, 2.24) is 9.38 Å². The molecule has 0 saturated heterocycles. The summed E-state index contributed by atoms with van der Waals surface area (Å²) in [5.74, 6) is 0. The van der Waals surface area contributed by atoms with Crippen LogP contribution in [0.5, 0.6) is 0 Å². The first kappa shape index (κ1) is 18.9. The predicted octanol–water partition coefficient (Wildman–Crippen LogP) is 3.57. The largest absolute Gasteiger partial charge is 0.385 e. The van der Waals surface area contributed by atoms with Gasteiger partial charge in [0.2, 0.25) is 0 Å². The molecule has 1 aliphatic rings. The molecule has 28 heavy (non-hydrogen) atoms. The second-order valence-corrected chi connectivity index (χ2v) is 7.58. The van der Waals surface area contributed by atoms with E-state index in [2.05, 4.69) is 16.6 Å². The molecule has 0 amide bonds. The number of ether oxygens (including phenoxy) is 2. The Bertz CT molecular complexity index is 982. The molecule has 1 aromatic carbocycles. The quantitative estimate of drug-likeness (QED) is 0.662. The molecule has 0 aliphatic carbocycles. The monoisotopic (exact) mass is 381 g/mol. The van der Waals surface area contributed by atoms with Gasteiger partial charge in [0.1, 0.15) is 11.7 Å². The Kier molecular flexibility index (Phi) is 4.87. The Labute approximate surface area is 165 Å². The number of imidazole rings is 1. The van der Waals surface area contributed by atoms with Crippen LogP contribution in [-0.2, 0) is 9.47 Å². The van der Waals surface area contributed by atoms with E-state index in [0.717, 1.165) is 33.8 Å². The summed E-state index contributed by atoms with van der Waals surface area (Å²) in [6.07, 6.45) is 1.49. The van der Waals surface area contributed by atoms with Gasteiger partial charge in [-0.15, -0.1) is 0 Å². The summed E-state index contributed by atoms with van der Waals surface area (Å²) in [7, 11) is 1.64. The third kappa shape index (κ3) is 2.98. The number of pyridine rings is 1. The smallest absolute Gasteiger partial charge is 0.161 e. The number of methoxy groups -OCH3 is 1. The zero-order valence-corrected chi connectivity index (χ0v) is 16.8. The van der Waals surface area contributed by atoms with Gasteiger partial charge in [0.05, 0.1) is 30.6 Å². The molecular weight excluding hydrogens is 354 g/mol. The van der Waals surface area contributed by atoms with E-state index in [1.807, 2.05) is 56.4 Å². The van der Waals surface area contributed by atoms with Gasteiger partial charge in [-0.25, -0.2) is 4.98 Å². The fourth-order valence-corrected chi connectivity index (χ4v) is 4.05. The fraction of sp³-hybridized carbons (Fsp3) is 0.409. The van der Waals surface area contributed by atoms with Crippen molar-refractivity contribution < 1.29 is 14.6 Å². The number of hydrogen-bond donors (Lipinski definition) is 2. The lowest BCUT2D eigenvalue weighted by Gasteiger charge is -2.45. The van der Waals surface area contributed by atoms with E-state index in [1.165, 1.54) is 0 Å². The lowest BCUT2D eigenvalue weighted by molar-refractivity contribution is -0.122. The van der Waals surface area contributed by atoms with Crippen LogP contribution in [0, 0.1) is 13.8 Å². The average Bonchev–Trinajstić information content (AvgIpc) is 2.98. The summed E-state index contributed by atoms with van der Waals surface area (Å²) < 4.78 is 13.4. The number of benzene rings is 1. The van der Waals surface area contributed by atoms with Gasteiger partial charge in [-0.3, -0.25) is 0 Å². The van der Waals surface area contributed by atoms with Crippen molar-refractivity contribution in [3.8, 4) is 0 Å². The third-order valence-corrected chi connectivity index (χ3v) is 5.69. The predicted molar refractivity (Wildman–Crippen MR) is 109 cm³/mol. The van der Waals surface area contributed by atoms with Gasteiger partial charge in [-0.1, -0.05) is 30.3 Å². The molecule has 2 N–H and O–H groups in total. The molecule has 0 fully saturated rings. The standard InChI is InChI=1S/C22H27N3O3/c1-14-15(2)25-11-10-17-18(21(25)23-14)24-19(16-8-6-5-7-9-16)22(3,26)20(17)28-13-12-27-4/h5-11,19-20,24,26H,12-13H2,1-4H3/t19-,20+,22+/m1/s1. The van der Waals surface area contributed by atoms with Crippen LogP contribution >= 0.6 is 0 Å². The fourth-order valence-electron chi connectivity index (χ4n) is 4.05. The normalized spacial score (nSPS) is 24.2. The van der Waals surface area contributed by atoms with E-state index < -0.39 is 11.7 Å². The number of aryl methyl sites for hydroxylation is 2. The van der Waals surface area contributed by atoms with E-state index in [1.54, 1.807) is 7.11 Å². The lowest BCUT2D eigenvalue weighted by atomic mass is 9.79. The first-order valence-electron chi connectivity index (χ1n) is 9.57. The van der Waals surface area contributed by atoms with Crippen LogP contribution in [0.2, 0.25) is 0 Å². The van der Waals surface area contributed by atoms with Gasteiger partial charge in [-0.2, -0.15) is 0 Å². The Morgan fingerprint density at radius 3 is 2.64 bits per heavy atom. The maximum Gasteiger partial charge on any atom is 0.161 e. The van der Waals surface area contributed by atoms with Crippen molar-refractivity contribution >= 4 is 11.3 Å². The first-order valence-corrected chi connectivity index (χ1v) is 9.57. The number of anilines is 1. The average molecular weight is 381 g/mol. The van der Waals surface area contributed by atoms with Gasteiger partial charge < -0.3 is 24.3 Å². The van der Waals surface area contributed by atoms with E-state index in [0.29, 0.717) is 13.2 Å². The number of rotatable bonds is 5. The zero-order valence-electron chi connectivity index (χ0n) is 16.8. The second kappa shape index (κ2) is 7.20. The summed E-state index contributed by atoms with van der Waals surface area (Å²) in [6.45, 7) is 6.76. The summed E-state index contributed by atoms with van der Waals surface area (Å²) >= 11 is 0. The Morgan fingerprint density at radius 1 is 1.18 bits per heavy atom. The van der Waals surface area contributed by atoms with E-state index >= 15 is 0 Å². The minimum absolute atomic E-state index is 0.336. The van der Waals surface area contributed by atoms with Crippen molar-refractivity contribution in [3.63, 3.8) is 0 Å². The molecule has 3 heterocycles. The molecule has 3 atom stereocenters. The highest BCUT2D eigenvalue weighted by molar-refractivity contribution is 5.75. The van der Waals surface area contributed by atoms with Crippen LogP contribution in [0.3, 0.4) is 0 Å². The minimum atomic E-state index is -1.16. The first-order chi connectivity index (χ1) is 13.4. The topological polar surface area (TPSA) is 68.0 Å². The van der Waals surface area contributed by atoms with E-state index in [9.17, 15) is 5.11 Å². The van der Waals surface area contributed by atoms with Gasteiger partial charge in [0.15, 0.2) is 5.65 Å². The summed E-state index contributed by atoms with van der Waals surface area (Å²) in [5.41, 5.74) is 4.60. The van der Waals surface area contributed by atoms with Crippen molar-refractivity contribution in [2.24, 2.45) is 0 Å². The Balaban J connectivity index is 1.88. The van der Waals surface area contributed by atoms with Crippen LogP contribution in [0.1, 0.15) is 41.6 Å². The van der Waals surface area contributed by atoms with Crippen LogP contribution in [0.25, 0.3) is 5.65 Å². The number of hydrogen-bond acceptors (Lipinski definition) is 5. The van der Waals surface area contributed by atoms with Gasteiger partial charge in [0, 0.05) is 24.6 Å². The molecule has 0 bridgehead atoms. The molecule has 3 aromatic rings. The van der Waals surface area contributed by atoms with E-state index in [4.69, 9.17) is 14.5 Å². The third-order valence-electron chi connectivity index (χ3n) is 5.69. The van der Waals surface area contributed by atoms with Crippen molar-refractivity contribution in [1.29, 1.82) is 0 Å². The van der Waals surface area contributed by atoms with Gasteiger partial charge in [-0.05, 0) is 32.4 Å². The Hall–Kier alpha value is -2.41. The SMILES string of the molecule is COCCO[C@H]1c2ccn3c(C)c(C)nc3c2N[C@H](c2ccccc2)[C@]1(C)O. The molecule has 0 radical (unpaired) electrons. The van der Waals surface area contributed by atoms with Gasteiger partial charge in [0.25, 0.3) is 0 Å². The summed E-state index contributed by atoms with van der Waals surface area (Å²) in [5, 5.41) is 15.1. The molecule has 6 heteroatoms. The van der Waals surface area contributed by atoms with Crippen molar-refractivity contribution in [2.75, 3.05) is 25.6 Å². The van der Waals surface area contributed by atoms with Gasteiger partial charge >= 0.3 is 0 Å². The lowest BCUT2D eigenvalue weighted by Crippen LogP contribution is -2.48. The molecule has 4 rings (SSSR count). The zero-order chi connectivity index (χ0) is 19.9. The molecular formula is C22H27N3O3. The highest BCUT2D eigenvalue weighted by Gasteiger charge is 2.47. The van der Waals surface area contributed by atoms with Crippen molar-refractivity contribution in [3.05, 3.63) is 65.1 Å². The number of aromatic nitrogens is 2. The molecule has 0 saturated carbocycles. The van der Waals surface area contributed by atoms with Crippen LogP contribution in [0.15, 0.2) is 42.6 Å². The molecule has 0 spiro atoms. The number of fused-ring (bicyclic) bond motifs is 3. The van der Waals surface area contributed by atoms with Crippen molar-refractivity contribution in [2.45, 2.75) is 38.5 Å². The molecule has 6 nitrogen and oxygen atoms in total. The minimum Gasteiger partial charge on any atom is -0.385 e. The maximum atomic E-state index is 11.6.